The molecule has 1 aliphatic heterocycles. The monoisotopic (exact) mass is 362 g/mol. The van der Waals surface area contributed by atoms with Crippen LogP contribution in [-0.2, 0) is 0 Å². The van der Waals surface area contributed by atoms with Crippen LogP contribution in [0.15, 0.2) is 29.3 Å². The summed E-state index contributed by atoms with van der Waals surface area (Å²) in [5, 5.41) is 8.79. The number of carbonyl (C=O) groups is 1. The van der Waals surface area contributed by atoms with Crippen molar-refractivity contribution in [2.24, 2.45) is 4.99 Å². The lowest BCUT2D eigenvalue weighted by atomic mass is 10.1. The van der Waals surface area contributed by atoms with Gasteiger partial charge in [0.15, 0.2) is 0 Å². The number of aromatic carboxylic acids is 1. The van der Waals surface area contributed by atoms with Crippen molar-refractivity contribution in [3.05, 3.63) is 29.8 Å². The van der Waals surface area contributed by atoms with Crippen LogP contribution in [0, 0.1) is 0 Å². The first-order chi connectivity index (χ1) is 10.3. The number of benzene rings is 1. The quantitative estimate of drug-likeness (QED) is 0.300. The van der Waals surface area contributed by atoms with Crippen LogP contribution in [0.4, 0.5) is 5.69 Å². The number of carboxylic acid groups (broad SMARTS) is 1. The van der Waals surface area contributed by atoms with Crippen LogP contribution in [-0.4, -0.2) is 48.5 Å². The summed E-state index contributed by atoms with van der Waals surface area (Å²) in [5.74, 6) is -0.928. The zero-order valence-corrected chi connectivity index (χ0v) is 14.5. The molecule has 0 amide bonds. The number of halogens is 2. The number of likely N-dealkylation sites (tertiary alicyclic amines) is 1. The van der Waals surface area contributed by atoms with E-state index >= 15 is 0 Å². The Bertz CT molecular complexity index is 477. The fraction of sp³-hybridized carbons (Fsp3) is 0.467. The third kappa shape index (κ3) is 8.18. The molecule has 130 valence electrons. The van der Waals surface area contributed by atoms with Crippen molar-refractivity contribution >= 4 is 42.8 Å². The summed E-state index contributed by atoms with van der Waals surface area (Å²) in [5.41, 5.74) is 7.00. The van der Waals surface area contributed by atoms with Crippen molar-refractivity contribution in [2.75, 3.05) is 26.2 Å². The van der Waals surface area contributed by atoms with E-state index in [0.29, 0.717) is 5.69 Å². The minimum atomic E-state index is -0.928. The van der Waals surface area contributed by atoms with Crippen molar-refractivity contribution in [3.8, 4) is 0 Å². The summed E-state index contributed by atoms with van der Waals surface area (Å²) in [6, 6.07) is 6.43. The number of piperidine rings is 1. The van der Waals surface area contributed by atoms with E-state index in [2.05, 4.69) is 20.7 Å². The molecule has 0 atom stereocenters. The summed E-state index contributed by atoms with van der Waals surface area (Å²) >= 11 is 0. The number of hydrazine groups is 1. The highest BCUT2D eigenvalue weighted by molar-refractivity contribution is 5.88. The van der Waals surface area contributed by atoms with Crippen LogP contribution in [0.2, 0.25) is 0 Å². The molecule has 1 aromatic carbocycles. The van der Waals surface area contributed by atoms with Crippen molar-refractivity contribution in [1.29, 1.82) is 0 Å². The summed E-state index contributed by atoms with van der Waals surface area (Å²) < 4.78 is 0. The molecular weight excluding hydrogens is 339 g/mol. The lowest BCUT2D eigenvalue weighted by Gasteiger charge is -2.26. The van der Waals surface area contributed by atoms with E-state index in [-0.39, 0.29) is 30.4 Å². The van der Waals surface area contributed by atoms with E-state index in [1.54, 1.807) is 30.6 Å². The Morgan fingerprint density at radius 3 is 2.43 bits per heavy atom. The van der Waals surface area contributed by atoms with E-state index in [4.69, 9.17) is 5.11 Å². The maximum absolute atomic E-state index is 10.7. The fourth-order valence-corrected chi connectivity index (χ4v) is 2.31. The van der Waals surface area contributed by atoms with Crippen molar-refractivity contribution in [2.45, 2.75) is 19.3 Å². The minimum absolute atomic E-state index is 0. The Morgan fingerprint density at radius 1 is 1.17 bits per heavy atom. The van der Waals surface area contributed by atoms with Gasteiger partial charge in [-0.1, -0.05) is 6.42 Å². The second-order valence-corrected chi connectivity index (χ2v) is 5.08. The summed E-state index contributed by atoms with van der Waals surface area (Å²) in [6.45, 7) is 4.30. The zero-order chi connectivity index (χ0) is 14.9. The van der Waals surface area contributed by atoms with E-state index in [9.17, 15) is 4.79 Å². The van der Waals surface area contributed by atoms with Crippen molar-refractivity contribution in [1.82, 2.24) is 15.8 Å². The highest BCUT2D eigenvalue weighted by Crippen LogP contribution is 2.12. The van der Waals surface area contributed by atoms with Crippen LogP contribution in [0.5, 0.6) is 0 Å². The highest BCUT2D eigenvalue weighted by atomic mass is 35.5. The molecule has 0 bridgehead atoms. The number of hydrogen-bond acceptors (Lipinski definition) is 4. The van der Waals surface area contributed by atoms with Gasteiger partial charge in [0.05, 0.1) is 11.3 Å². The summed E-state index contributed by atoms with van der Waals surface area (Å²) in [6.07, 6.45) is 5.55. The maximum atomic E-state index is 10.7. The van der Waals surface area contributed by atoms with E-state index in [1.165, 1.54) is 32.4 Å². The maximum Gasteiger partial charge on any atom is 0.335 e. The molecule has 0 aliphatic carbocycles. The molecule has 1 saturated heterocycles. The lowest BCUT2D eigenvalue weighted by Crippen LogP contribution is -2.40. The standard InChI is InChI=1S/C15H22N4O2.2ClH/c20-15(21)13-4-6-14(7-5-13)16-12-18-17-8-11-19-9-2-1-3-10-19;;/h4-7,12,17H,1-3,8-11H2,(H,16,18)(H,20,21);2*1H. The van der Waals surface area contributed by atoms with Crippen LogP contribution >= 0.6 is 24.8 Å². The van der Waals surface area contributed by atoms with Crippen LogP contribution in [0.1, 0.15) is 29.6 Å². The van der Waals surface area contributed by atoms with Crippen LogP contribution in [0.25, 0.3) is 0 Å². The molecule has 2 rings (SSSR count). The zero-order valence-electron chi connectivity index (χ0n) is 12.9. The van der Waals surface area contributed by atoms with Gasteiger partial charge in [-0.15, -0.1) is 24.8 Å². The predicted molar refractivity (Wildman–Crippen MR) is 97.5 cm³/mol. The first-order valence-corrected chi connectivity index (χ1v) is 7.32. The molecule has 0 radical (unpaired) electrons. The molecule has 0 unspecified atom stereocenters. The second kappa shape index (κ2) is 12.1. The number of carboxylic acids is 1. The van der Waals surface area contributed by atoms with Gasteiger partial charge in [0.1, 0.15) is 6.34 Å². The minimum Gasteiger partial charge on any atom is -0.478 e. The number of nitrogens with one attached hydrogen (secondary N) is 2. The summed E-state index contributed by atoms with van der Waals surface area (Å²) in [7, 11) is 0. The molecule has 8 heteroatoms. The van der Waals surface area contributed by atoms with Gasteiger partial charge in [0, 0.05) is 13.1 Å². The van der Waals surface area contributed by atoms with Gasteiger partial charge >= 0.3 is 5.97 Å². The Labute approximate surface area is 149 Å². The van der Waals surface area contributed by atoms with Gasteiger partial charge in [-0.25, -0.2) is 15.2 Å². The molecule has 1 heterocycles. The van der Waals surface area contributed by atoms with Gasteiger partial charge in [-0.2, -0.15) is 0 Å². The predicted octanol–water partition coefficient (Wildman–Crippen LogP) is 2.47. The first-order valence-electron chi connectivity index (χ1n) is 7.32. The fourth-order valence-electron chi connectivity index (χ4n) is 2.31. The Balaban J connectivity index is 0.00000242. The molecule has 23 heavy (non-hydrogen) atoms. The molecule has 1 aromatic rings. The van der Waals surface area contributed by atoms with Crippen LogP contribution < -0.4 is 10.9 Å². The molecule has 0 saturated carbocycles. The smallest absolute Gasteiger partial charge is 0.335 e. The third-order valence-corrected chi connectivity index (χ3v) is 3.50. The molecule has 0 spiro atoms. The second-order valence-electron chi connectivity index (χ2n) is 5.08. The number of nitrogens with zero attached hydrogens (tertiary/aromatic N) is 2. The Morgan fingerprint density at radius 2 is 1.83 bits per heavy atom. The largest absolute Gasteiger partial charge is 0.478 e. The van der Waals surface area contributed by atoms with Gasteiger partial charge in [-0.3, -0.25) is 0 Å². The van der Waals surface area contributed by atoms with Gasteiger partial charge in [-0.05, 0) is 50.2 Å². The molecule has 0 aromatic heterocycles. The van der Waals surface area contributed by atoms with Gasteiger partial charge in [0.2, 0.25) is 0 Å². The number of hydrogen-bond donors (Lipinski definition) is 3. The Hall–Kier alpha value is -1.34. The summed E-state index contributed by atoms with van der Waals surface area (Å²) in [4.78, 5) is 17.4. The van der Waals surface area contributed by atoms with E-state index < -0.39 is 5.97 Å². The molecule has 1 aliphatic rings. The topological polar surface area (TPSA) is 77.0 Å². The number of rotatable bonds is 7. The normalized spacial score (nSPS) is 14.8. The average Bonchev–Trinajstić information content (AvgIpc) is 2.52. The molecular formula is C15H24Cl2N4O2. The van der Waals surface area contributed by atoms with E-state index in [1.807, 2.05) is 0 Å². The molecule has 3 N–H and O–H groups in total. The first kappa shape index (κ1) is 21.7. The molecule has 6 nitrogen and oxygen atoms in total. The van der Waals surface area contributed by atoms with Crippen LogP contribution in [0.3, 0.4) is 0 Å². The van der Waals surface area contributed by atoms with E-state index in [0.717, 1.165) is 13.1 Å². The highest BCUT2D eigenvalue weighted by Gasteiger charge is 2.08. The SMILES string of the molecule is Cl.Cl.O=C(O)c1ccc(N=CNNCCN2CCCCC2)cc1. The third-order valence-electron chi connectivity index (χ3n) is 3.50. The molecule has 1 fully saturated rings. The van der Waals surface area contributed by atoms with Crippen molar-refractivity contribution in [3.63, 3.8) is 0 Å². The average molecular weight is 363 g/mol. The Kier molecular flexibility index (Phi) is 11.4. The van der Waals surface area contributed by atoms with Gasteiger partial charge in [0.25, 0.3) is 0 Å². The lowest BCUT2D eigenvalue weighted by molar-refractivity contribution is 0.0697. The van der Waals surface area contributed by atoms with Crippen molar-refractivity contribution < 1.29 is 9.90 Å². The van der Waals surface area contributed by atoms with Gasteiger partial charge < -0.3 is 15.4 Å². The number of aliphatic imine (C=N–C) groups is 1.